The maximum atomic E-state index is 13.6. The van der Waals surface area contributed by atoms with Gasteiger partial charge in [-0.25, -0.2) is 4.39 Å². The third kappa shape index (κ3) is 2.63. The Balaban J connectivity index is 0.00000162. The van der Waals surface area contributed by atoms with Crippen molar-refractivity contribution in [3.8, 4) is 17.0 Å². The second-order valence-electron chi connectivity index (χ2n) is 3.70. The third-order valence-electron chi connectivity index (χ3n) is 2.59. The lowest BCUT2D eigenvalue weighted by atomic mass is 10.1. The van der Waals surface area contributed by atoms with Gasteiger partial charge in [0.1, 0.15) is 0 Å². The average Bonchev–Trinajstić information content (AvgIpc) is 2.70. The summed E-state index contributed by atoms with van der Waals surface area (Å²) in [4.78, 5) is 0. The molecule has 0 amide bonds. The zero-order valence-electron chi connectivity index (χ0n) is 10.2. The van der Waals surface area contributed by atoms with Crippen molar-refractivity contribution >= 4 is 12.4 Å². The number of hydrogen-bond donors (Lipinski definition) is 1. The zero-order chi connectivity index (χ0) is 12.4. The van der Waals surface area contributed by atoms with E-state index in [4.69, 9.17) is 10.5 Å². The normalized spacial score (nSPS) is 10.0. The molecular weight excluding hydrogens is 257 g/mol. The summed E-state index contributed by atoms with van der Waals surface area (Å²) in [5.41, 5.74) is 7.87. The molecule has 1 aromatic heterocycles. The lowest BCUT2D eigenvalue weighted by Gasteiger charge is -2.05. The van der Waals surface area contributed by atoms with Crippen molar-refractivity contribution in [2.45, 2.75) is 6.54 Å². The van der Waals surface area contributed by atoms with Crippen molar-refractivity contribution < 1.29 is 9.13 Å². The third-order valence-corrected chi connectivity index (χ3v) is 2.59. The number of ether oxygens (including phenoxy) is 1. The molecule has 0 saturated carbocycles. The van der Waals surface area contributed by atoms with E-state index in [1.54, 1.807) is 23.9 Å². The Hall–Kier alpha value is -1.59. The highest BCUT2D eigenvalue weighted by molar-refractivity contribution is 5.85. The topological polar surface area (TPSA) is 53.1 Å². The van der Waals surface area contributed by atoms with Crippen molar-refractivity contribution in [3.63, 3.8) is 0 Å². The van der Waals surface area contributed by atoms with Gasteiger partial charge in [0.15, 0.2) is 11.6 Å². The van der Waals surface area contributed by atoms with Crippen molar-refractivity contribution in [1.29, 1.82) is 0 Å². The Bertz CT molecular complexity index is 542. The number of halogens is 2. The van der Waals surface area contributed by atoms with Crippen LogP contribution in [-0.2, 0) is 13.6 Å². The van der Waals surface area contributed by atoms with Crippen LogP contribution in [-0.4, -0.2) is 16.9 Å². The first-order valence-corrected chi connectivity index (χ1v) is 5.22. The van der Waals surface area contributed by atoms with Crippen LogP contribution in [0.4, 0.5) is 4.39 Å². The van der Waals surface area contributed by atoms with Crippen LogP contribution in [0, 0.1) is 5.82 Å². The van der Waals surface area contributed by atoms with Gasteiger partial charge in [-0.1, -0.05) is 0 Å². The van der Waals surface area contributed by atoms with Gasteiger partial charge in [-0.3, -0.25) is 4.68 Å². The molecule has 0 spiro atoms. The van der Waals surface area contributed by atoms with E-state index >= 15 is 0 Å². The van der Waals surface area contributed by atoms with Crippen LogP contribution in [0.3, 0.4) is 0 Å². The van der Waals surface area contributed by atoms with E-state index in [-0.39, 0.29) is 24.0 Å². The zero-order valence-corrected chi connectivity index (χ0v) is 11.0. The second-order valence-corrected chi connectivity index (χ2v) is 3.70. The van der Waals surface area contributed by atoms with E-state index in [0.29, 0.717) is 6.54 Å². The number of aryl methyl sites for hydroxylation is 1. The van der Waals surface area contributed by atoms with Gasteiger partial charge in [-0.2, -0.15) is 5.10 Å². The molecule has 2 aromatic rings. The second kappa shape index (κ2) is 5.84. The molecule has 0 fully saturated rings. The van der Waals surface area contributed by atoms with Crippen molar-refractivity contribution in [2.75, 3.05) is 7.11 Å². The van der Waals surface area contributed by atoms with Gasteiger partial charge in [0, 0.05) is 19.2 Å². The highest BCUT2D eigenvalue weighted by Crippen LogP contribution is 2.25. The van der Waals surface area contributed by atoms with E-state index in [9.17, 15) is 4.39 Å². The molecule has 0 saturated heterocycles. The van der Waals surface area contributed by atoms with Gasteiger partial charge in [-0.15, -0.1) is 12.4 Å². The monoisotopic (exact) mass is 271 g/mol. The molecule has 2 N–H and O–H groups in total. The fourth-order valence-corrected chi connectivity index (χ4v) is 1.72. The molecule has 0 atom stereocenters. The van der Waals surface area contributed by atoms with Gasteiger partial charge in [0.05, 0.1) is 18.5 Å². The fourth-order valence-electron chi connectivity index (χ4n) is 1.72. The maximum Gasteiger partial charge on any atom is 0.165 e. The highest BCUT2D eigenvalue weighted by atomic mass is 35.5. The van der Waals surface area contributed by atoms with Gasteiger partial charge < -0.3 is 10.5 Å². The highest BCUT2D eigenvalue weighted by Gasteiger charge is 2.09. The first-order chi connectivity index (χ1) is 8.15. The van der Waals surface area contributed by atoms with E-state index in [1.165, 1.54) is 13.2 Å². The molecule has 0 bridgehead atoms. The number of aromatic nitrogens is 2. The first-order valence-electron chi connectivity index (χ1n) is 5.22. The molecule has 4 nitrogen and oxygen atoms in total. The van der Waals surface area contributed by atoms with Crippen molar-refractivity contribution in [1.82, 2.24) is 9.78 Å². The Kier molecular flexibility index (Phi) is 4.69. The predicted molar refractivity (Wildman–Crippen MR) is 70.3 cm³/mol. The molecule has 0 aliphatic rings. The summed E-state index contributed by atoms with van der Waals surface area (Å²) in [6.07, 6.45) is 0. The number of rotatable bonds is 3. The predicted octanol–water partition coefficient (Wildman–Crippen LogP) is 2.12. The summed E-state index contributed by atoms with van der Waals surface area (Å²) < 4.78 is 20.1. The Morgan fingerprint density at radius 3 is 2.61 bits per heavy atom. The van der Waals surface area contributed by atoms with Crippen LogP contribution < -0.4 is 10.5 Å². The Morgan fingerprint density at radius 1 is 1.39 bits per heavy atom. The molecule has 1 heterocycles. The number of nitrogens with two attached hydrogens (primary N) is 1. The molecule has 18 heavy (non-hydrogen) atoms. The molecule has 2 rings (SSSR count). The van der Waals surface area contributed by atoms with E-state index in [2.05, 4.69) is 5.10 Å². The number of nitrogens with zero attached hydrogens (tertiary/aromatic N) is 2. The van der Waals surface area contributed by atoms with Crippen LogP contribution in [0.5, 0.6) is 5.75 Å². The smallest absolute Gasteiger partial charge is 0.165 e. The van der Waals surface area contributed by atoms with E-state index < -0.39 is 0 Å². The lowest BCUT2D eigenvalue weighted by Crippen LogP contribution is -1.99. The molecule has 0 unspecified atom stereocenters. The average molecular weight is 272 g/mol. The number of benzene rings is 1. The molecule has 98 valence electrons. The van der Waals surface area contributed by atoms with Crippen molar-refractivity contribution in [3.05, 3.63) is 35.8 Å². The molecule has 0 aliphatic heterocycles. The van der Waals surface area contributed by atoms with Gasteiger partial charge in [0.25, 0.3) is 0 Å². The molecular formula is C12H15ClFN3O. The summed E-state index contributed by atoms with van der Waals surface area (Å²) in [5.74, 6) is -0.157. The summed E-state index contributed by atoms with van der Waals surface area (Å²) in [6, 6.07) is 6.66. The van der Waals surface area contributed by atoms with Crippen LogP contribution in [0.1, 0.15) is 5.69 Å². The summed E-state index contributed by atoms with van der Waals surface area (Å²) in [7, 11) is 3.24. The first kappa shape index (κ1) is 14.5. The number of hydrogen-bond acceptors (Lipinski definition) is 3. The summed E-state index contributed by atoms with van der Waals surface area (Å²) in [5, 5.41) is 4.22. The van der Waals surface area contributed by atoms with Gasteiger partial charge >= 0.3 is 0 Å². The number of methoxy groups -OCH3 is 1. The van der Waals surface area contributed by atoms with Crippen LogP contribution in [0.25, 0.3) is 11.3 Å². The lowest BCUT2D eigenvalue weighted by molar-refractivity contribution is 0.386. The van der Waals surface area contributed by atoms with Gasteiger partial charge in [-0.05, 0) is 24.3 Å². The SMILES string of the molecule is COc1ccc(-c2cc(CN)nn2C)cc1F.Cl. The summed E-state index contributed by atoms with van der Waals surface area (Å²) in [6.45, 7) is 0.368. The minimum absolute atomic E-state index is 0. The largest absolute Gasteiger partial charge is 0.494 e. The minimum atomic E-state index is -0.388. The standard InChI is InChI=1S/C12H14FN3O.ClH/c1-16-11(6-9(7-14)15-16)8-3-4-12(17-2)10(13)5-8;/h3-6H,7,14H2,1-2H3;1H. The van der Waals surface area contributed by atoms with Crippen LogP contribution in [0.15, 0.2) is 24.3 Å². The molecule has 0 radical (unpaired) electrons. The summed E-state index contributed by atoms with van der Waals surface area (Å²) >= 11 is 0. The molecule has 1 aromatic carbocycles. The van der Waals surface area contributed by atoms with E-state index in [0.717, 1.165) is 17.0 Å². The Labute approximate surface area is 111 Å². The van der Waals surface area contributed by atoms with Crippen LogP contribution in [0.2, 0.25) is 0 Å². The maximum absolute atomic E-state index is 13.6. The molecule has 6 heteroatoms. The van der Waals surface area contributed by atoms with Gasteiger partial charge in [0.2, 0.25) is 0 Å². The van der Waals surface area contributed by atoms with E-state index in [1.807, 2.05) is 6.07 Å². The Morgan fingerprint density at radius 2 is 2.11 bits per heavy atom. The minimum Gasteiger partial charge on any atom is -0.494 e. The molecule has 0 aliphatic carbocycles. The van der Waals surface area contributed by atoms with Crippen LogP contribution >= 0.6 is 12.4 Å². The fraction of sp³-hybridized carbons (Fsp3) is 0.250. The van der Waals surface area contributed by atoms with Crippen molar-refractivity contribution in [2.24, 2.45) is 12.8 Å². The quantitative estimate of drug-likeness (QED) is 0.930.